The maximum atomic E-state index is 13.7. The van der Waals surface area contributed by atoms with E-state index in [1.54, 1.807) is 30.3 Å². The van der Waals surface area contributed by atoms with E-state index in [0.717, 1.165) is 34.4 Å². The number of halogens is 2. The van der Waals surface area contributed by atoms with Crippen molar-refractivity contribution in [2.75, 3.05) is 0 Å². The van der Waals surface area contributed by atoms with E-state index in [-0.39, 0.29) is 24.2 Å². The maximum Gasteiger partial charge on any atom is 0.264 e. The van der Waals surface area contributed by atoms with Crippen LogP contribution in [0, 0.1) is 11.3 Å². The van der Waals surface area contributed by atoms with E-state index in [9.17, 15) is 13.9 Å². The topological polar surface area (TPSA) is 92.2 Å². The molecule has 0 saturated heterocycles. The minimum atomic E-state index is -2.61. The largest absolute Gasteiger partial charge is 0.383 e. The van der Waals surface area contributed by atoms with E-state index in [0.29, 0.717) is 47.5 Å². The second-order valence-electron chi connectivity index (χ2n) is 9.89. The number of alkyl halides is 2. The summed E-state index contributed by atoms with van der Waals surface area (Å²) in [7, 11) is 0. The molecule has 2 saturated carbocycles. The predicted octanol–water partition coefficient (Wildman–Crippen LogP) is 6.98. The van der Waals surface area contributed by atoms with Gasteiger partial charge in [-0.05, 0) is 56.7 Å². The highest BCUT2D eigenvalue weighted by Crippen LogP contribution is 2.46. The van der Waals surface area contributed by atoms with Gasteiger partial charge in [0.2, 0.25) is 0 Å². The zero-order valence-corrected chi connectivity index (χ0v) is 20.8. The first-order chi connectivity index (χ1) is 17.9. The van der Waals surface area contributed by atoms with Crippen molar-refractivity contribution >= 4 is 21.6 Å². The van der Waals surface area contributed by atoms with Crippen LogP contribution in [0.1, 0.15) is 78.3 Å². The summed E-state index contributed by atoms with van der Waals surface area (Å²) in [5.74, 6) is 0.994. The van der Waals surface area contributed by atoms with Crippen LogP contribution in [0.5, 0.6) is 0 Å². The van der Waals surface area contributed by atoms with Gasteiger partial charge in [-0.1, -0.05) is 29.4 Å². The zero-order valence-electron chi connectivity index (χ0n) is 20.0. The molecule has 4 aromatic rings. The zero-order chi connectivity index (χ0) is 25.6. The fraction of sp³-hybridized carbons (Fsp3) is 0.393. The van der Waals surface area contributed by atoms with Crippen LogP contribution in [-0.2, 0) is 16.9 Å². The highest BCUT2D eigenvalue weighted by molar-refractivity contribution is 7.18. The highest BCUT2D eigenvalue weighted by Gasteiger charge is 2.39. The highest BCUT2D eigenvalue weighted by atomic mass is 32.1. The number of aromatic nitrogens is 2. The number of thiazole rings is 1. The van der Waals surface area contributed by atoms with Crippen molar-refractivity contribution in [3.8, 4) is 17.3 Å². The summed E-state index contributed by atoms with van der Waals surface area (Å²) in [6.07, 6.45) is 1.58. The van der Waals surface area contributed by atoms with Crippen LogP contribution >= 0.6 is 11.3 Å². The summed E-state index contributed by atoms with van der Waals surface area (Å²) >= 11 is 1.43. The third-order valence-corrected chi connectivity index (χ3v) is 8.57. The SMILES string of the molecule is N#Cc1ccc2nc([C@]3(O)CC[C@@H](OCc4c(-c5ccccc5C(F)F)noc4C4CC4)CC3)sc2c1. The number of ether oxygens (including phenoxy) is 1. The Labute approximate surface area is 216 Å². The summed E-state index contributed by atoms with van der Waals surface area (Å²) in [4.78, 5) is 4.64. The van der Waals surface area contributed by atoms with E-state index < -0.39 is 12.0 Å². The standard InChI is InChI=1S/C28H25F2N3O3S/c29-26(30)20-4-2-1-3-19(20)24-21(25(36-33-24)17-6-7-17)15-35-18-9-11-28(34,12-10-18)27-32-22-8-5-16(14-31)13-23(22)37-27/h1-5,8,13,17-18,26,34H,6-7,9-12,15H2/t18-,28+. The summed E-state index contributed by atoms with van der Waals surface area (Å²) in [5, 5.41) is 25.4. The van der Waals surface area contributed by atoms with Crippen molar-refractivity contribution in [1.82, 2.24) is 10.1 Å². The molecule has 0 spiro atoms. The summed E-state index contributed by atoms with van der Waals surface area (Å²) in [5.41, 5.74) is 1.80. The Morgan fingerprint density at radius 3 is 2.68 bits per heavy atom. The molecule has 1 N–H and O–H groups in total. The number of fused-ring (bicyclic) bond motifs is 1. The molecule has 0 amide bonds. The molecule has 6 rings (SSSR count). The van der Waals surface area contributed by atoms with Gasteiger partial charge >= 0.3 is 0 Å². The number of nitriles is 1. The lowest BCUT2D eigenvalue weighted by Crippen LogP contribution is -2.34. The smallest absolute Gasteiger partial charge is 0.264 e. The van der Waals surface area contributed by atoms with Crippen molar-refractivity contribution in [3.05, 3.63) is 69.9 Å². The lowest BCUT2D eigenvalue weighted by atomic mass is 9.83. The lowest BCUT2D eigenvalue weighted by Gasteiger charge is -2.34. The van der Waals surface area contributed by atoms with Crippen molar-refractivity contribution in [3.63, 3.8) is 0 Å². The van der Waals surface area contributed by atoms with E-state index in [1.165, 1.54) is 17.4 Å². The average molecular weight is 522 g/mol. The Balaban J connectivity index is 1.17. The summed E-state index contributed by atoms with van der Waals surface area (Å²) < 4.78 is 40.2. The van der Waals surface area contributed by atoms with Crippen molar-refractivity contribution in [2.45, 2.75) is 69.2 Å². The number of benzene rings is 2. The van der Waals surface area contributed by atoms with Gasteiger partial charge in [0, 0.05) is 22.6 Å². The molecule has 0 unspecified atom stereocenters. The van der Waals surface area contributed by atoms with Gasteiger partial charge in [-0.25, -0.2) is 13.8 Å². The fourth-order valence-corrected chi connectivity index (χ4v) is 6.24. The van der Waals surface area contributed by atoms with Gasteiger partial charge in [-0.3, -0.25) is 0 Å². The van der Waals surface area contributed by atoms with Crippen LogP contribution < -0.4 is 0 Å². The number of rotatable bonds is 7. The fourth-order valence-electron chi connectivity index (χ4n) is 5.09. The van der Waals surface area contributed by atoms with Gasteiger partial charge in [0.15, 0.2) is 0 Å². The monoisotopic (exact) mass is 521 g/mol. The third kappa shape index (κ3) is 4.65. The molecule has 0 bridgehead atoms. The van der Waals surface area contributed by atoms with E-state index in [1.807, 2.05) is 6.07 Å². The molecule has 190 valence electrons. The van der Waals surface area contributed by atoms with Crippen LogP contribution in [-0.4, -0.2) is 21.4 Å². The first-order valence-corrected chi connectivity index (χ1v) is 13.3. The molecule has 0 aliphatic heterocycles. The number of hydrogen-bond donors (Lipinski definition) is 1. The van der Waals surface area contributed by atoms with Crippen LogP contribution in [0.2, 0.25) is 0 Å². The van der Waals surface area contributed by atoms with Gasteiger partial charge in [0.1, 0.15) is 22.1 Å². The van der Waals surface area contributed by atoms with Crippen LogP contribution in [0.25, 0.3) is 21.5 Å². The van der Waals surface area contributed by atoms with Gasteiger partial charge in [-0.15, -0.1) is 11.3 Å². The van der Waals surface area contributed by atoms with E-state index >= 15 is 0 Å². The van der Waals surface area contributed by atoms with Crippen molar-refractivity contribution < 1.29 is 23.1 Å². The Kier molecular flexibility index (Phi) is 6.27. The Hall–Kier alpha value is -3.19. The summed E-state index contributed by atoms with van der Waals surface area (Å²) in [6.45, 7) is 0.226. The van der Waals surface area contributed by atoms with Gasteiger partial charge in [0.05, 0.1) is 34.6 Å². The molecule has 2 aromatic carbocycles. The molecule has 37 heavy (non-hydrogen) atoms. The molecule has 2 aliphatic rings. The quantitative estimate of drug-likeness (QED) is 0.282. The summed E-state index contributed by atoms with van der Waals surface area (Å²) in [6, 6.07) is 13.9. The second kappa shape index (κ2) is 9.60. The molecular formula is C28H25F2N3O3S. The van der Waals surface area contributed by atoms with Crippen LogP contribution in [0.3, 0.4) is 0 Å². The normalized spacial score (nSPS) is 22.0. The molecule has 6 nitrogen and oxygen atoms in total. The minimum Gasteiger partial charge on any atom is -0.383 e. The molecule has 9 heteroatoms. The second-order valence-corrected chi connectivity index (χ2v) is 10.9. The van der Waals surface area contributed by atoms with Gasteiger partial charge in [0.25, 0.3) is 6.43 Å². The molecule has 0 radical (unpaired) electrons. The predicted molar refractivity (Wildman–Crippen MR) is 134 cm³/mol. The first-order valence-electron chi connectivity index (χ1n) is 12.5. The minimum absolute atomic E-state index is 0.0696. The molecule has 2 heterocycles. The molecule has 0 atom stereocenters. The first kappa shape index (κ1) is 24.2. The van der Waals surface area contributed by atoms with Crippen molar-refractivity contribution in [1.29, 1.82) is 5.26 Å². The molecule has 2 fully saturated rings. The van der Waals surface area contributed by atoms with E-state index in [2.05, 4.69) is 16.2 Å². The maximum absolute atomic E-state index is 13.7. The molecular weight excluding hydrogens is 496 g/mol. The Morgan fingerprint density at radius 2 is 1.95 bits per heavy atom. The van der Waals surface area contributed by atoms with Gasteiger partial charge in [-0.2, -0.15) is 5.26 Å². The van der Waals surface area contributed by atoms with Crippen molar-refractivity contribution in [2.24, 2.45) is 0 Å². The number of aliphatic hydroxyl groups is 1. The average Bonchev–Trinajstić information content (AvgIpc) is 3.52. The molecule has 2 aliphatic carbocycles. The van der Waals surface area contributed by atoms with E-state index in [4.69, 9.17) is 14.5 Å². The van der Waals surface area contributed by atoms with Crippen LogP contribution in [0.15, 0.2) is 47.0 Å². The van der Waals surface area contributed by atoms with Gasteiger partial charge < -0.3 is 14.4 Å². The number of hydrogen-bond acceptors (Lipinski definition) is 7. The number of nitrogens with zero attached hydrogens (tertiary/aromatic N) is 3. The Bertz CT molecular complexity index is 1480. The Morgan fingerprint density at radius 1 is 1.16 bits per heavy atom. The van der Waals surface area contributed by atoms with Crippen LogP contribution in [0.4, 0.5) is 8.78 Å². The third-order valence-electron chi connectivity index (χ3n) is 7.36. The molecule has 2 aromatic heterocycles. The lowest BCUT2D eigenvalue weighted by molar-refractivity contribution is -0.0640.